The zero-order valence-corrected chi connectivity index (χ0v) is 18.1. The van der Waals surface area contributed by atoms with E-state index in [0.29, 0.717) is 6.42 Å². The number of aromatic nitrogens is 2. The molecule has 0 aliphatic rings. The Kier molecular flexibility index (Phi) is 6.63. The molecule has 0 fully saturated rings. The normalized spacial score (nSPS) is 12.5. The number of carbonyl (C=O) groups is 1. The van der Waals surface area contributed by atoms with Crippen molar-refractivity contribution in [2.75, 3.05) is 5.32 Å². The molecule has 0 saturated carbocycles. The number of benzene rings is 2. The van der Waals surface area contributed by atoms with Crippen LogP contribution in [0.2, 0.25) is 5.02 Å². The van der Waals surface area contributed by atoms with E-state index in [4.69, 9.17) is 11.6 Å². The first kappa shape index (κ1) is 21.4. The third-order valence-electron chi connectivity index (χ3n) is 4.24. The molecule has 0 spiro atoms. The number of aryl methyl sites for hydroxylation is 1. The summed E-state index contributed by atoms with van der Waals surface area (Å²) in [6.45, 7) is 3.83. The average Bonchev–Trinajstić information content (AvgIpc) is 3.16. The Balaban J connectivity index is 1.77. The van der Waals surface area contributed by atoms with E-state index in [9.17, 15) is 13.2 Å². The Bertz CT molecular complexity index is 1130. The van der Waals surface area contributed by atoms with E-state index in [0.717, 1.165) is 22.5 Å². The molecule has 1 atom stereocenters. The van der Waals surface area contributed by atoms with Crippen LogP contribution in [0.4, 0.5) is 5.13 Å². The summed E-state index contributed by atoms with van der Waals surface area (Å²) < 4.78 is 28.0. The number of rotatable bonds is 7. The van der Waals surface area contributed by atoms with Crippen molar-refractivity contribution < 1.29 is 13.2 Å². The lowest BCUT2D eigenvalue weighted by molar-refractivity contribution is 0.102. The third-order valence-corrected chi connectivity index (χ3v) is 7.25. The minimum Gasteiger partial charge on any atom is -0.296 e. The predicted octanol–water partition coefficient (Wildman–Crippen LogP) is 4.18. The molecular formula is C19H19ClN4O3S2. The van der Waals surface area contributed by atoms with E-state index < -0.39 is 22.0 Å². The van der Waals surface area contributed by atoms with Gasteiger partial charge in [-0.15, -0.1) is 10.2 Å². The largest absolute Gasteiger partial charge is 0.296 e. The van der Waals surface area contributed by atoms with Gasteiger partial charge in [0.25, 0.3) is 15.9 Å². The van der Waals surface area contributed by atoms with Gasteiger partial charge in [-0.25, -0.2) is 13.1 Å². The van der Waals surface area contributed by atoms with Gasteiger partial charge in [-0.1, -0.05) is 66.3 Å². The van der Waals surface area contributed by atoms with Crippen LogP contribution < -0.4 is 10.0 Å². The van der Waals surface area contributed by atoms with Crippen LogP contribution in [-0.4, -0.2) is 24.5 Å². The highest BCUT2D eigenvalue weighted by molar-refractivity contribution is 7.91. The number of sulfonamides is 1. The van der Waals surface area contributed by atoms with E-state index in [1.807, 2.05) is 38.1 Å². The number of carbonyl (C=O) groups excluding carboxylic acids is 1. The SMILES string of the molecule is CC[C@@H](NS(=O)(=O)c1nnc(NC(=O)c2ccccc2Cl)s1)c1ccccc1C. The van der Waals surface area contributed by atoms with Gasteiger partial charge in [0.2, 0.25) is 9.47 Å². The third kappa shape index (κ3) is 4.99. The number of nitrogens with zero attached hydrogens (tertiary/aromatic N) is 2. The highest BCUT2D eigenvalue weighted by atomic mass is 35.5. The van der Waals surface area contributed by atoms with E-state index in [2.05, 4.69) is 20.2 Å². The quantitative estimate of drug-likeness (QED) is 0.526. The average molecular weight is 451 g/mol. The van der Waals surface area contributed by atoms with Gasteiger partial charge in [-0.2, -0.15) is 0 Å². The maximum Gasteiger partial charge on any atom is 0.270 e. The van der Waals surface area contributed by atoms with Crippen molar-refractivity contribution in [3.63, 3.8) is 0 Å². The van der Waals surface area contributed by atoms with Gasteiger partial charge in [0.1, 0.15) is 0 Å². The second kappa shape index (κ2) is 9.00. The Morgan fingerprint density at radius 1 is 1.14 bits per heavy atom. The molecule has 0 saturated heterocycles. The Morgan fingerprint density at radius 3 is 2.52 bits per heavy atom. The highest BCUT2D eigenvalue weighted by Crippen LogP contribution is 2.26. The van der Waals surface area contributed by atoms with Crippen LogP contribution in [0.3, 0.4) is 0 Å². The minimum absolute atomic E-state index is 0.0687. The molecule has 0 bridgehead atoms. The molecule has 29 heavy (non-hydrogen) atoms. The van der Waals surface area contributed by atoms with Crippen LogP contribution in [-0.2, 0) is 10.0 Å². The second-order valence-corrected chi connectivity index (χ2v) is 9.52. The summed E-state index contributed by atoms with van der Waals surface area (Å²) in [4.78, 5) is 12.3. The first-order valence-corrected chi connectivity index (χ1v) is 11.5. The molecule has 1 heterocycles. The van der Waals surface area contributed by atoms with E-state index in [1.165, 1.54) is 0 Å². The minimum atomic E-state index is -3.91. The summed E-state index contributed by atoms with van der Waals surface area (Å²) in [6, 6.07) is 13.7. The zero-order chi connectivity index (χ0) is 21.0. The lowest BCUT2D eigenvalue weighted by Crippen LogP contribution is -2.28. The lowest BCUT2D eigenvalue weighted by Gasteiger charge is -2.18. The van der Waals surface area contributed by atoms with Crippen LogP contribution in [0.25, 0.3) is 0 Å². The van der Waals surface area contributed by atoms with Crippen LogP contribution in [0.5, 0.6) is 0 Å². The molecule has 0 radical (unpaired) electrons. The van der Waals surface area contributed by atoms with Crippen LogP contribution >= 0.6 is 22.9 Å². The van der Waals surface area contributed by atoms with E-state index in [1.54, 1.807) is 24.3 Å². The van der Waals surface area contributed by atoms with Crippen LogP contribution in [0.1, 0.15) is 40.9 Å². The molecule has 0 aliphatic carbocycles. The number of nitrogens with one attached hydrogen (secondary N) is 2. The summed E-state index contributed by atoms with van der Waals surface area (Å²) in [6.07, 6.45) is 0.568. The van der Waals surface area contributed by atoms with Gasteiger partial charge in [0.15, 0.2) is 0 Å². The lowest BCUT2D eigenvalue weighted by atomic mass is 10.0. The summed E-state index contributed by atoms with van der Waals surface area (Å²) in [5.41, 5.74) is 2.15. The zero-order valence-electron chi connectivity index (χ0n) is 15.7. The van der Waals surface area contributed by atoms with Crippen molar-refractivity contribution in [1.82, 2.24) is 14.9 Å². The molecule has 152 valence electrons. The fourth-order valence-corrected chi connectivity index (χ4v) is 5.19. The van der Waals surface area contributed by atoms with Gasteiger partial charge in [0, 0.05) is 6.04 Å². The molecule has 3 rings (SSSR count). The fraction of sp³-hybridized carbons (Fsp3) is 0.211. The number of halogens is 1. The van der Waals surface area contributed by atoms with E-state index in [-0.39, 0.29) is 20.1 Å². The number of hydrogen-bond donors (Lipinski definition) is 2. The molecule has 7 nitrogen and oxygen atoms in total. The standard InChI is InChI=1S/C19H19ClN4O3S2/c1-3-16(13-9-5-4-8-12(13)2)24-29(26,27)19-23-22-18(28-19)21-17(25)14-10-6-7-11-15(14)20/h4-11,16,24H,3H2,1-2H3,(H,21,22,25)/t16-/m1/s1. The predicted molar refractivity (Wildman–Crippen MR) is 114 cm³/mol. The van der Waals surface area contributed by atoms with E-state index >= 15 is 0 Å². The van der Waals surface area contributed by atoms with Gasteiger partial charge in [0.05, 0.1) is 10.6 Å². The van der Waals surface area contributed by atoms with Gasteiger partial charge < -0.3 is 0 Å². The molecule has 10 heteroatoms. The highest BCUT2D eigenvalue weighted by Gasteiger charge is 2.25. The molecule has 0 unspecified atom stereocenters. The molecule has 3 aromatic rings. The van der Waals surface area contributed by atoms with Gasteiger partial charge in [-0.3, -0.25) is 10.1 Å². The van der Waals surface area contributed by atoms with Gasteiger partial charge in [-0.05, 0) is 36.6 Å². The molecular weight excluding hydrogens is 432 g/mol. The van der Waals surface area contributed by atoms with Crippen LogP contribution in [0, 0.1) is 6.92 Å². The molecule has 1 aromatic heterocycles. The summed E-state index contributed by atoms with van der Waals surface area (Å²) in [7, 11) is -3.91. The van der Waals surface area contributed by atoms with Crippen molar-refractivity contribution in [3.05, 3.63) is 70.2 Å². The Labute approximate surface area is 178 Å². The van der Waals surface area contributed by atoms with Crippen molar-refractivity contribution in [3.8, 4) is 0 Å². The van der Waals surface area contributed by atoms with Crippen molar-refractivity contribution in [1.29, 1.82) is 0 Å². The molecule has 1 amide bonds. The first-order chi connectivity index (χ1) is 13.8. The smallest absolute Gasteiger partial charge is 0.270 e. The Hall–Kier alpha value is -2.33. The van der Waals surface area contributed by atoms with Gasteiger partial charge >= 0.3 is 0 Å². The molecule has 2 N–H and O–H groups in total. The Morgan fingerprint density at radius 2 is 1.83 bits per heavy atom. The monoisotopic (exact) mass is 450 g/mol. The van der Waals surface area contributed by atoms with Crippen molar-refractivity contribution in [2.24, 2.45) is 0 Å². The van der Waals surface area contributed by atoms with Crippen molar-refractivity contribution >= 4 is 44.0 Å². The summed E-state index contributed by atoms with van der Waals surface area (Å²) >= 11 is 6.78. The van der Waals surface area contributed by atoms with Crippen LogP contribution in [0.15, 0.2) is 52.9 Å². The topological polar surface area (TPSA) is 101 Å². The number of anilines is 1. The first-order valence-electron chi connectivity index (χ1n) is 8.79. The number of amides is 1. The molecule has 0 aliphatic heterocycles. The second-order valence-electron chi connectivity index (χ2n) is 6.25. The summed E-state index contributed by atoms with van der Waals surface area (Å²) in [5.74, 6) is -0.491. The van der Waals surface area contributed by atoms with Crippen molar-refractivity contribution in [2.45, 2.75) is 30.6 Å². The fourth-order valence-electron chi connectivity index (χ4n) is 2.76. The maximum absolute atomic E-state index is 12.8. The number of hydrogen-bond acceptors (Lipinski definition) is 6. The summed E-state index contributed by atoms with van der Waals surface area (Å²) in [5, 5.41) is 10.4. The maximum atomic E-state index is 12.8. The molecule has 2 aromatic carbocycles.